The largest absolute Gasteiger partial charge is 0.320 e. The number of hydrogen-bond acceptors (Lipinski definition) is 3. The minimum Gasteiger partial charge on any atom is -0.320 e. The minimum absolute atomic E-state index is 0.206. The van der Waals surface area contributed by atoms with E-state index in [1.54, 1.807) is 36.4 Å². The molecule has 1 amide bonds. The second-order valence-corrected chi connectivity index (χ2v) is 6.22. The van der Waals surface area contributed by atoms with E-state index in [4.69, 9.17) is 0 Å². The highest BCUT2D eigenvalue weighted by Crippen LogP contribution is 2.18. The van der Waals surface area contributed by atoms with E-state index in [2.05, 4.69) is 10.4 Å². The Hall–Kier alpha value is -3.73. The fraction of sp³-hybridized carbons (Fsp3) is 0.0455. The first-order chi connectivity index (χ1) is 13.1. The third-order valence-electron chi connectivity index (χ3n) is 4.41. The van der Waals surface area contributed by atoms with Crippen LogP contribution in [-0.2, 0) is 0 Å². The van der Waals surface area contributed by atoms with Crippen molar-refractivity contribution >= 4 is 22.4 Å². The quantitative estimate of drug-likeness (QED) is 0.605. The molecule has 3 aromatic carbocycles. The number of carbonyl (C=O) groups excluding carboxylic acids is 1. The molecule has 0 unspecified atom stereocenters. The highest BCUT2D eigenvalue weighted by atomic mass is 16.2. The van der Waals surface area contributed by atoms with Crippen molar-refractivity contribution in [3.8, 4) is 5.69 Å². The lowest BCUT2D eigenvalue weighted by Gasteiger charge is -2.12. The SMILES string of the molecule is Cc1ccccc1NC(=O)c1nn(-c2ccccc2)c(=O)c2ccccc12. The summed E-state index contributed by atoms with van der Waals surface area (Å²) in [6.45, 7) is 1.92. The monoisotopic (exact) mass is 355 g/mol. The number of benzene rings is 3. The number of nitrogens with zero attached hydrogens (tertiary/aromatic N) is 2. The van der Waals surface area contributed by atoms with Crippen LogP contribution in [0.4, 0.5) is 5.69 Å². The molecule has 4 rings (SSSR count). The van der Waals surface area contributed by atoms with E-state index in [1.165, 1.54) is 4.68 Å². The zero-order valence-corrected chi connectivity index (χ0v) is 14.7. The summed E-state index contributed by atoms with van der Waals surface area (Å²) in [4.78, 5) is 25.9. The molecule has 1 aromatic heterocycles. The van der Waals surface area contributed by atoms with Crippen molar-refractivity contribution < 1.29 is 4.79 Å². The van der Waals surface area contributed by atoms with Gasteiger partial charge in [-0.2, -0.15) is 9.78 Å². The lowest BCUT2D eigenvalue weighted by Crippen LogP contribution is -2.26. The second-order valence-electron chi connectivity index (χ2n) is 6.22. The van der Waals surface area contributed by atoms with Gasteiger partial charge in [-0.15, -0.1) is 0 Å². The van der Waals surface area contributed by atoms with E-state index in [0.717, 1.165) is 5.56 Å². The van der Waals surface area contributed by atoms with Crippen molar-refractivity contribution in [2.75, 3.05) is 5.32 Å². The number of amides is 1. The van der Waals surface area contributed by atoms with Crippen LogP contribution in [0.2, 0.25) is 0 Å². The zero-order chi connectivity index (χ0) is 18.8. The maximum absolute atomic E-state index is 13.0. The molecule has 1 N–H and O–H groups in total. The van der Waals surface area contributed by atoms with Gasteiger partial charge < -0.3 is 5.32 Å². The molecule has 0 fully saturated rings. The van der Waals surface area contributed by atoms with E-state index >= 15 is 0 Å². The predicted molar refractivity (Wildman–Crippen MR) is 106 cm³/mol. The van der Waals surface area contributed by atoms with E-state index in [9.17, 15) is 9.59 Å². The number of anilines is 1. The van der Waals surface area contributed by atoms with E-state index in [0.29, 0.717) is 22.1 Å². The fourth-order valence-electron chi connectivity index (χ4n) is 3.00. The van der Waals surface area contributed by atoms with E-state index in [-0.39, 0.29) is 17.2 Å². The van der Waals surface area contributed by atoms with Crippen LogP contribution in [-0.4, -0.2) is 15.7 Å². The molecule has 5 heteroatoms. The van der Waals surface area contributed by atoms with Crippen molar-refractivity contribution in [2.24, 2.45) is 0 Å². The molecule has 0 spiro atoms. The fourth-order valence-corrected chi connectivity index (χ4v) is 3.00. The Morgan fingerprint density at radius 3 is 2.22 bits per heavy atom. The summed E-state index contributed by atoms with van der Waals surface area (Å²) in [5.41, 5.74) is 2.22. The highest BCUT2D eigenvalue weighted by Gasteiger charge is 2.18. The maximum Gasteiger partial charge on any atom is 0.279 e. The van der Waals surface area contributed by atoms with Gasteiger partial charge in [0.25, 0.3) is 11.5 Å². The van der Waals surface area contributed by atoms with Crippen LogP contribution < -0.4 is 10.9 Å². The van der Waals surface area contributed by atoms with E-state index < -0.39 is 0 Å². The topological polar surface area (TPSA) is 64.0 Å². The van der Waals surface area contributed by atoms with Crippen LogP contribution in [0.25, 0.3) is 16.5 Å². The molecule has 0 bridgehead atoms. The van der Waals surface area contributed by atoms with Crippen molar-refractivity contribution in [3.63, 3.8) is 0 Å². The van der Waals surface area contributed by atoms with Gasteiger partial charge in [-0.3, -0.25) is 9.59 Å². The van der Waals surface area contributed by atoms with Crippen molar-refractivity contribution in [1.29, 1.82) is 0 Å². The zero-order valence-electron chi connectivity index (χ0n) is 14.7. The van der Waals surface area contributed by atoms with Gasteiger partial charge in [-0.05, 0) is 36.8 Å². The number of nitrogens with one attached hydrogen (secondary N) is 1. The lowest BCUT2D eigenvalue weighted by atomic mass is 10.1. The summed E-state index contributed by atoms with van der Waals surface area (Å²) >= 11 is 0. The molecule has 0 saturated heterocycles. The Kier molecular flexibility index (Phi) is 4.26. The van der Waals surface area contributed by atoms with Gasteiger partial charge in [-0.25, -0.2) is 0 Å². The Morgan fingerprint density at radius 1 is 0.852 bits per heavy atom. The number of fused-ring (bicyclic) bond motifs is 1. The summed E-state index contributed by atoms with van der Waals surface area (Å²) in [5.74, 6) is -0.356. The van der Waals surface area contributed by atoms with Gasteiger partial charge >= 0.3 is 0 Å². The first kappa shape index (κ1) is 16.7. The Labute approximate surface area is 155 Å². The molecule has 132 valence electrons. The normalized spacial score (nSPS) is 10.7. The molecule has 0 radical (unpaired) electrons. The third kappa shape index (κ3) is 3.11. The van der Waals surface area contributed by atoms with Crippen LogP contribution >= 0.6 is 0 Å². The Balaban J connectivity index is 1.89. The second kappa shape index (κ2) is 6.88. The number of carbonyl (C=O) groups is 1. The Bertz CT molecular complexity index is 1200. The predicted octanol–water partition coefficient (Wildman–Crippen LogP) is 3.95. The van der Waals surface area contributed by atoms with Gasteiger partial charge in [0, 0.05) is 11.1 Å². The Morgan fingerprint density at radius 2 is 1.48 bits per heavy atom. The van der Waals surface area contributed by atoms with Crippen LogP contribution in [0.3, 0.4) is 0 Å². The van der Waals surface area contributed by atoms with Gasteiger partial charge in [0.05, 0.1) is 11.1 Å². The van der Waals surface area contributed by atoms with Crippen LogP contribution in [0.15, 0.2) is 83.7 Å². The van der Waals surface area contributed by atoms with Gasteiger partial charge in [0.15, 0.2) is 5.69 Å². The summed E-state index contributed by atoms with van der Waals surface area (Å²) < 4.78 is 1.27. The molecular weight excluding hydrogens is 338 g/mol. The molecule has 0 aliphatic carbocycles. The summed E-state index contributed by atoms with van der Waals surface area (Å²) in [6, 6.07) is 23.6. The molecule has 5 nitrogen and oxygen atoms in total. The van der Waals surface area contributed by atoms with Crippen molar-refractivity contribution in [2.45, 2.75) is 6.92 Å². The molecular formula is C22H17N3O2. The summed E-state index contributed by atoms with van der Waals surface area (Å²) in [6.07, 6.45) is 0. The average molecular weight is 355 g/mol. The average Bonchev–Trinajstić information content (AvgIpc) is 2.71. The van der Waals surface area contributed by atoms with Crippen LogP contribution in [0.5, 0.6) is 0 Å². The van der Waals surface area contributed by atoms with Crippen molar-refractivity contribution in [3.05, 3.63) is 100 Å². The minimum atomic E-state index is -0.356. The number of aryl methyl sites for hydroxylation is 1. The molecule has 1 heterocycles. The van der Waals surface area contributed by atoms with E-state index in [1.807, 2.05) is 49.4 Å². The number of para-hydroxylation sites is 2. The standard InChI is InChI=1S/C22H17N3O2/c1-15-9-5-8-14-19(15)23-21(26)20-17-12-6-7-13-18(17)22(27)25(24-20)16-10-3-2-4-11-16/h2-14H,1H3,(H,23,26). The summed E-state index contributed by atoms with van der Waals surface area (Å²) in [5, 5.41) is 8.27. The summed E-state index contributed by atoms with van der Waals surface area (Å²) in [7, 11) is 0. The van der Waals surface area contributed by atoms with Crippen molar-refractivity contribution in [1.82, 2.24) is 9.78 Å². The number of rotatable bonds is 3. The highest BCUT2D eigenvalue weighted by molar-refractivity contribution is 6.11. The molecule has 27 heavy (non-hydrogen) atoms. The van der Waals surface area contributed by atoms with Crippen LogP contribution in [0.1, 0.15) is 16.1 Å². The van der Waals surface area contributed by atoms with Gasteiger partial charge in [-0.1, -0.05) is 54.6 Å². The van der Waals surface area contributed by atoms with Gasteiger partial charge in [0.2, 0.25) is 0 Å². The molecule has 0 saturated carbocycles. The molecule has 0 atom stereocenters. The first-order valence-corrected chi connectivity index (χ1v) is 8.59. The number of hydrogen-bond donors (Lipinski definition) is 1. The molecule has 4 aromatic rings. The molecule has 0 aliphatic rings. The maximum atomic E-state index is 13.0. The first-order valence-electron chi connectivity index (χ1n) is 8.59. The smallest absolute Gasteiger partial charge is 0.279 e. The third-order valence-corrected chi connectivity index (χ3v) is 4.41. The number of aromatic nitrogens is 2. The molecule has 0 aliphatic heterocycles. The van der Waals surface area contributed by atoms with Gasteiger partial charge in [0.1, 0.15) is 0 Å². The van der Waals surface area contributed by atoms with Crippen LogP contribution in [0, 0.1) is 6.92 Å². The lowest BCUT2D eigenvalue weighted by molar-refractivity contribution is 0.102.